The minimum atomic E-state index is -0.333. The summed E-state index contributed by atoms with van der Waals surface area (Å²) in [6, 6.07) is 9.44. The number of amides is 2. The molecule has 0 aliphatic carbocycles. The number of H-pyrrole nitrogens is 1. The van der Waals surface area contributed by atoms with Crippen LogP contribution in [0.2, 0.25) is 5.02 Å². The largest absolute Gasteiger partial charge is 0.481 e. The van der Waals surface area contributed by atoms with E-state index >= 15 is 0 Å². The van der Waals surface area contributed by atoms with E-state index in [0.717, 1.165) is 0 Å². The molecule has 0 unspecified atom stereocenters. The highest BCUT2D eigenvalue weighted by Crippen LogP contribution is 2.29. The number of nitrogens with zero attached hydrogens (tertiary/aromatic N) is 3. The quantitative estimate of drug-likeness (QED) is 0.573. The number of rotatable bonds is 6. The van der Waals surface area contributed by atoms with Crippen LogP contribution in [0.3, 0.4) is 0 Å². The van der Waals surface area contributed by atoms with Crippen LogP contribution in [-0.2, 0) is 11.3 Å². The zero-order valence-electron chi connectivity index (χ0n) is 18.0. The first-order valence-electron chi connectivity index (χ1n) is 10.5. The lowest BCUT2D eigenvalue weighted by atomic mass is 9.95. The van der Waals surface area contributed by atoms with E-state index in [1.165, 1.54) is 25.4 Å². The van der Waals surface area contributed by atoms with Crippen LogP contribution in [0.1, 0.15) is 28.9 Å². The number of likely N-dealkylation sites (tertiary alicyclic amines) is 1. The van der Waals surface area contributed by atoms with Gasteiger partial charge in [-0.1, -0.05) is 23.7 Å². The van der Waals surface area contributed by atoms with Gasteiger partial charge in [0.2, 0.25) is 11.8 Å². The van der Waals surface area contributed by atoms with Gasteiger partial charge in [-0.2, -0.15) is 5.10 Å². The predicted octanol–water partition coefficient (Wildman–Crippen LogP) is 3.44. The van der Waals surface area contributed by atoms with Crippen molar-refractivity contribution in [1.29, 1.82) is 0 Å². The molecule has 2 amide bonds. The van der Waals surface area contributed by atoms with E-state index in [-0.39, 0.29) is 35.8 Å². The van der Waals surface area contributed by atoms with Gasteiger partial charge < -0.3 is 15.0 Å². The highest BCUT2D eigenvalue weighted by molar-refractivity contribution is 6.33. The summed E-state index contributed by atoms with van der Waals surface area (Å²) >= 11 is 6.23. The number of hydrogen-bond donors (Lipinski definition) is 2. The van der Waals surface area contributed by atoms with Gasteiger partial charge in [0.25, 0.3) is 5.91 Å². The molecular formula is C23H23ClFN5O3. The molecule has 1 saturated heterocycles. The summed E-state index contributed by atoms with van der Waals surface area (Å²) in [5.41, 5.74) is 2.18. The number of piperidine rings is 1. The smallest absolute Gasteiger partial charge is 0.274 e. The van der Waals surface area contributed by atoms with Crippen LogP contribution in [0.15, 0.2) is 42.6 Å². The number of benzene rings is 1. The lowest BCUT2D eigenvalue weighted by Gasteiger charge is -2.30. The van der Waals surface area contributed by atoms with E-state index in [1.807, 2.05) is 0 Å². The van der Waals surface area contributed by atoms with Gasteiger partial charge >= 0.3 is 0 Å². The Balaban J connectivity index is 1.33. The Labute approximate surface area is 195 Å². The molecule has 1 fully saturated rings. The number of halogens is 2. The summed E-state index contributed by atoms with van der Waals surface area (Å²) in [6.07, 6.45) is 2.57. The fourth-order valence-electron chi connectivity index (χ4n) is 3.79. The molecule has 2 N–H and O–H groups in total. The third-order valence-corrected chi connectivity index (χ3v) is 5.94. The maximum absolute atomic E-state index is 13.3. The fraction of sp³-hybridized carbons (Fsp3) is 0.304. The molecule has 0 spiro atoms. The maximum Gasteiger partial charge on any atom is 0.274 e. The van der Waals surface area contributed by atoms with Crippen molar-refractivity contribution in [2.45, 2.75) is 19.4 Å². The molecule has 172 valence electrons. The fourth-order valence-corrected chi connectivity index (χ4v) is 4.00. The van der Waals surface area contributed by atoms with Crippen LogP contribution >= 0.6 is 11.6 Å². The Kier molecular flexibility index (Phi) is 6.88. The second-order valence-electron chi connectivity index (χ2n) is 7.79. The molecule has 1 aliphatic rings. The highest BCUT2D eigenvalue weighted by Gasteiger charge is 2.29. The number of aromatic nitrogens is 3. The number of aromatic amines is 1. The minimum absolute atomic E-state index is 0.0882. The van der Waals surface area contributed by atoms with Gasteiger partial charge in [-0.3, -0.25) is 14.7 Å². The number of methoxy groups -OCH3 is 1. The first kappa shape index (κ1) is 22.7. The lowest BCUT2D eigenvalue weighted by Crippen LogP contribution is -2.43. The molecule has 8 nitrogen and oxygen atoms in total. The Morgan fingerprint density at radius 1 is 1.27 bits per heavy atom. The maximum atomic E-state index is 13.3. The van der Waals surface area contributed by atoms with Gasteiger partial charge in [0, 0.05) is 37.2 Å². The molecule has 3 aromatic rings. The third-order valence-electron chi connectivity index (χ3n) is 5.64. The second kappa shape index (κ2) is 9.99. The van der Waals surface area contributed by atoms with E-state index in [4.69, 9.17) is 16.3 Å². The average molecular weight is 472 g/mol. The van der Waals surface area contributed by atoms with Crippen molar-refractivity contribution in [3.63, 3.8) is 0 Å². The molecule has 4 rings (SSSR count). The van der Waals surface area contributed by atoms with Gasteiger partial charge in [-0.25, -0.2) is 9.37 Å². The first-order valence-corrected chi connectivity index (χ1v) is 10.9. The first-order chi connectivity index (χ1) is 15.9. The molecule has 0 atom stereocenters. The molecule has 10 heteroatoms. The summed E-state index contributed by atoms with van der Waals surface area (Å²) < 4.78 is 18.4. The van der Waals surface area contributed by atoms with E-state index in [9.17, 15) is 14.0 Å². The van der Waals surface area contributed by atoms with Crippen molar-refractivity contribution in [3.05, 3.63) is 64.7 Å². The molecule has 3 heterocycles. The van der Waals surface area contributed by atoms with Gasteiger partial charge in [-0.05, 0) is 36.6 Å². The third kappa shape index (κ3) is 5.31. The minimum Gasteiger partial charge on any atom is -0.481 e. The van der Waals surface area contributed by atoms with Gasteiger partial charge in [0.05, 0.1) is 24.0 Å². The Bertz CT molecular complexity index is 1160. The number of carbonyl (C=O) groups is 2. The van der Waals surface area contributed by atoms with E-state index in [2.05, 4.69) is 20.5 Å². The summed E-state index contributed by atoms with van der Waals surface area (Å²) in [6.45, 7) is 1.17. The number of nitrogens with one attached hydrogen (secondary N) is 2. The van der Waals surface area contributed by atoms with Crippen molar-refractivity contribution in [1.82, 2.24) is 25.4 Å². The zero-order valence-corrected chi connectivity index (χ0v) is 18.7. The van der Waals surface area contributed by atoms with Gasteiger partial charge in [0.1, 0.15) is 5.82 Å². The normalized spacial score (nSPS) is 14.2. The monoisotopic (exact) mass is 471 g/mol. The molecule has 1 aromatic carbocycles. The van der Waals surface area contributed by atoms with Crippen LogP contribution in [0, 0.1) is 11.7 Å². The van der Waals surface area contributed by atoms with Gasteiger partial charge in [0.15, 0.2) is 5.69 Å². The van der Waals surface area contributed by atoms with E-state index in [1.54, 1.807) is 29.2 Å². The van der Waals surface area contributed by atoms with Crippen LogP contribution in [-0.4, -0.2) is 52.1 Å². The van der Waals surface area contributed by atoms with Crippen molar-refractivity contribution in [3.8, 4) is 17.1 Å². The Hall–Kier alpha value is -3.46. The molecule has 0 saturated carbocycles. The highest BCUT2D eigenvalue weighted by atomic mass is 35.5. The van der Waals surface area contributed by atoms with Crippen molar-refractivity contribution >= 4 is 23.4 Å². The van der Waals surface area contributed by atoms with Gasteiger partial charge in [-0.15, -0.1) is 0 Å². The summed E-state index contributed by atoms with van der Waals surface area (Å²) in [5, 5.41) is 10.2. The number of carbonyl (C=O) groups excluding carboxylic acids is 2. The SMILES string of the molecule is COc1cc(-c2cc(C(=O)N3CCC(C(=O)NCc4cccc(F)c4)CC3)n[nH]2)c(Cl)cn1. The van der Waals surface area contributed by atoms with Crippen molar-refractivity contribution < 1.29 is 18.7 Å². The average Bonchev–Trinajstić information content (AvgIpc) is 3.32. The van der Waals surface area contributed by atoms with Crippen molar-refractivity contribution in [2.75, 3.05) is 20.2 Å². The number of ether oxygens (including phenoxy) is 1. The Morgan fingerprint density at radius 2 is 2.06 bits per heavy atom. The summed E-state index contributed by atoms with van der Waals surface area (Å²) in [7, 11) is 1.51. The van der Waals surface area contributed by atoms with E-state index < -0.39 is 0 Å². The number of pyridine rings is 1. The topological polar surface area (TPSA) is 100 Å². The van der Waals surface area contributed by atoms with Crippen LogP contribution in [0.25, 0.3) is 11.3 Å². The summed E-state index contributed by atoms with van der Waals surface area (Å²) in [5.74, 6) is -0.432. The molecule has 2 aromatic heterocycles. The molecule has 0 bridgehead atoms. The predicted molar refractivity (Wildman–Crippen MR) is 120 cm³/mol. The molecule has 1 aliphatic heterocycles. The van der Waals surface area contributed by atoms with Crippen LogP contribution < -0.4 is 10.1 Å². The van der Waals surface area contributed by atoms with Crippen LogP contribution in [0.5, 0.6) is 5.88 Å². The number of hydrogen-bond acceptors (Lipinski definition) is 5. The van der Waals surface area contributed by atoms with E-state index in [0.29, 0.717) is 53.7 Å². The summed E-state index contributed by atoms with van der Waals surface area (Å²) in [4.78, 5) is 31.1. The lowest BCUT2D eigenvalue weighted by molar-refractivity contribution is -0.126. The molecular weight excluding hydrogens is 449 g/mol. The molecule has 0 radical (unpaired) electrons. The zero-order chi connectivity index (χ0) is 23.4. The van der Waals surface area contributed by atoms with Crippen molar-refractivity contribution in [2.24, 2.45) is 5.92 Å². The molecule has 33 heavy (non-hydrogen) atoms. The standard InChI is InChI=1S/C23H23ClFN5O3/c1-33-21-10-17(18(24)13-26-21)19-11-20(29-28-19)23(32)30-7-5-15(6-8-30)22(31)27-12-14-3-2-4-16(25)9-14/h2-4,9-11,13,15H,5-8,12H2,1H3,(H,27,31)(H,28,29). The Morgan fingerprint density at radius 3 is 2.79 bits per heavy atom. The second-order valence-corrected chi connectivity index (χ2v) is 8.19. The van der Waals surface area contributed by atoms with Crippen LogP contribution in [0.4, 0.5) is 4.39 Å².